The van der Waals surface area contributed by atoms with Crippen molar-refractivity contribution in [3.8, 4) is 0 Å². The first kappa shape index (κ1) is 13.8. The number of carbonyl (C=O) groups excluding carboxylic acids is 1. The van der Waals surface area contributed by atoms with Crippen LogP contribution in [0.3, 0.4) is 0 Å². The molecular weight excluding hydrogens is 242 g/mol. The van der Waals surface area contributed by atoms with Gasteiger partial charge in [0.2, 0.25) is 0 Å². The van der Waals surface area contributed by atoms with Crippen LogP contribution in [-0.4, -0.2) is 42.6 Å². The van der Waals surface area contributed by atoms with Crippen LogP contribution in [0.15, 0.2) is 18.3 Å². The zero-order valence-electron chi connectivity index (χ0n) is 11.6. The Kier molecular flexibility index (Phi) is 4.74. The van der Waals surface area contributed by atoms with Crippen LogP contribution in [0.4, 0.5) is 5.82 Å². The van der Waals surface area contributed by atoms with Crippen molar-refractivity contribution < 1.29 is 9.53 Å². The van der Waals surface area contributed by atoms with Crippen LogP contribution in [0.5, 0.6) is 0 Å². The van der Waals surface area contributed by atoms with Gasteiger partial charge in [0.05, 0.1) is 13.0 Å². The number of carbonyl (C=O) groups is 1. The highest BCUT2D eigenvalue weighted by Crippen LogP contribution is 2.19. The molecule has 1 unspecified atom stereocenters. The van der Waals surface area contributed by atoms with Crippen LogP contribution in [0.1, 0.15) is 18.9 Å². The van der Waals surface area contributed by atoms with E-state index in [4.69, 9.17) is 4.74 Å². The molecule has 5 heteroatoms. The number of rotatable bonds is 5. The molecule has 1 fully saturated rings. The first-order valence-corrected chi connectivity index (χ1v) is 6.72. The Morgan fingerprint density at radius 2 is 2.42 bits per heavy atom. The molecular formula is C14H21N3O2. The van der Waals surface area contributed by atoms with E-state index in [2.05, 4.69) is 21.3 Å². The Balaban J connectivity index is 1.86. The molecule has 1 aliphatic rings. The Morgan fingerprint density at radius 1 is 1.58 bits per heavy atom. The smallest absolute Gasteiger partial charge is 0.310 e. The molecule has 104 valence electrons. The van der Waals surface area contributed by atoms with E-state index in [0.29, 0.717) is 0 Å². The number of ether oxygens (including phenoxy) is 1. The van der Waals surface area contributed by atoms with Gasteiger partial charge in [-0.1, -0.05) is 6.07 Å². The van der Waals surface area contributed by atoms with Gasteiger partial charge in [-0.2, -0.15) is 0 Å². The monoisotopic (exact) mass is 263 g/mol. The average Bonchev–Trinajstić information content (AvgIpc) is 2.89. The van der Waals surface area contributed by atoms with Crippen LogP contribution in [0.25, 0.3) is 0 Å². The lowest BCUT2D eigenvalue weighted by Gasteiger charge is -2.15. The van der Waals surface area contributed by atoms with Gasteiger partial charge in [0.25, 0.3) is 0 Å². The third-order valence-electron chi connectivity index (χ3n) is 3.40. The van der Waals surface area contributed by atoms with Gasteiger partial charge in [-0.15, -0.1) is 0 Å². The summed E-state index contributed by atoms with van der Waals surface area (Å²) in [7, 11) is 1.45. The molecule has 1 saturated heterocycles. The Labute approximate surface area is 114 Å². The topological polar surface area (TPSA) is 54.5 Å². The molecule has 0 bridgehead atoms. The second-order valence-electron chi connectivity index (χ2n) is 4.83. The highest BCUT2D eigenvalue weighted by Gasteiger charge is 2.28. The van der Waals surface area contributed by atoms with Gasteiger partial charge in [-0.3, -0.25) is 9.69 Å². The standard InChI is InChI=1S/C14H21N3O2/c1-3-15-13-5-4-11(8-16-13)9-17-7-6-12(10-17)14(18)19-2/h4-5,8,12H,3,6-7,9-10H2,1-2H3,(H,15,16). The zero-order valence-corrected chi connectivity index (χ0v) is 11.6. The van der Waals surface area contributed by atoms with Crippen molar-refractivity contribution in [2.45, 2.75) is 19.9 Å². The van der Waals surface area contributed by atoms with Gasteiger partial charge < -0.3 is 10.1 Å². The number of pyridine rings is 1. The van der Waals surface area contributed by atoms with Gasteiger partial charge in [0.15, 0.2) is 0 Å². The summed E-state index contributed by atoms with van der Waals surface area (Å²) in [5.41, 5.74) is 1.17. The second kappa shape index (κ2) is 6.52. The minimum atomic E-state index is -0.0943. The summed E-state index contributed by atoms with van der Waals surface area (Å²) in [6.45, 7) is 5.48. The highest BCUT2D eigenvalue weighted by molar-refractivity contribution is 5.72. The maximum absolute atomic E-state index is 11.5. The van der Waals surface area contributed by atoms with Gasteiger partial charge in [-0.05, 0) is 31.5 Å². The summed E-state index contributed by atoms with van der Waals surface area (Å²) in [5, 5.41) is 3.17. The molecule has 0 amide bonds. The second-order valence-corrected chi connectivity index (χ2v) is 4.83. The zero-order chi connectivity index (χ0) is 13.7. The maximum atomic E-state index is 11.5. The van der Waals surface area contributed by atoms with Crippen LogP contribution in [0.2, 0.25) is 0 Å². The van der Waals surface area contributed by atoms with Gasteiger partial charge in [-0.25, -0.2) is 4.98 Å². The summed E-state index contributed by atoms with van der Waals surface area (Å²) >= 11 is 0. The molecule has 2 rings (SSSR count). The number of esters is 1. The van der Waals surface area contributed by atoms with E-state index < -0.39 is 0 Å². The van der Waals surface area contributed by atoms with Crippen LogP contribution in [-0.2, 0) is 16.1 Å². The lowest BCUT2D eigenvalue weighted by Crippen LogP contribution is -2.23. The number of methoxy groups -OCH3 is 1. The maximum Gasteiger partial charge on any atom is 0.310 e. The first-order valence-electron chi connectivity index (χ1n) is 6.72. The van der Waals surface area contributed by atoms with Crippen molar-refractivity contribution in [2.75, 3.05) is 32.1 Å². The molecule has 1 aromatic heterocycles. The number of nitrogens with one attached hydrogen (secondary N) is 1. The third kappa shape index (κ3) is 3.67. The molecule has 5 nitrogen and oxygen atoms in total. The Hall–Kier alpha value is -1.62. The van der Waals surface area contributed by atoms with Crippen molar-refractivity contribution in [1.29, 1.82) is 0 Å². The molecule has 1 aromatic rings. The van der Waals surface area contributed by atoms with Crippen LogP contribution < -0.4 is 5.32 Å². The van der Waals surface area contributed by atoms with Gasteiger partial charge in [0.1, 0.15) is 5.82 Å². The molecule has 1 N–H and O–H groups in total. The average molecular weight is 263 g/mol. The number of hydrogen-bond donors (Lipinski definition) is 1. The van der Waals surface area contributed by atoms with Crippen molar-refractivity contribution in [3.05, 3.63) is 23.9 Å². The minimum Gasteiger partial charge on any atom is -0.469 e. The van der Waals surface area contributed by atoms with E-state index in [1.807, 2.05) is 19.2 Å². The number of aromatic nitrogens is 1. The summed E-state index contributed by atoms with van der Waals surface area (Å²) in [6.07, 6.45) is 2.78. The van der Waals surface area contributed by atoms with Crippen LogP contribution in [0, 0.1) is 5.92 Å². The fourth-order valence-corrected chi connectivity index (χ4v) is 2.40. The van der Waals surface area contributed by atoms with E-state index in [0.717, 1.165) is 38.4 Å². The van der Waals surface area contributed by atoms with E-state index in [-0.39, 0.29) is 11.9 Å². The summed E-state index contributed by atoms with van der Waals surface area (Å²) in [6, 6.07) is 4.07. The number of hydrogen-bond acceptors (Lipinski definition) is 5. The predicted octanol–water partition coefficient (Wildman–Crippen LogP) is 1.51. The van der Waals surface area contributed by atoms with Crippen molar-refractivity contribution >= 4 is 11.8 Å². The molecule has 0 spiro atoms. The third-order valence-corrected chi connectivity index (χ3v) is 3.40. The van der Waals surface area contributed by atoms with E-state index in [1.165, 1.54) is 12.7 Å². The van der Waals surface area contributed by atoms with Crippen LogP contribution >= 0.6 is 0 Å². The first-order chi connectivity index (χ1) is 9.22. The van der Waals surface area contributed by atoms with Crippen molar-refractivity contribution in [2.24, 2.45) is 5.92 Å². The minimum absolute atomic E-state index is 0.0268. The molecule has 1 atom stereocenters. The SMILES string of the molecule is CCNc1ccc(CN2CCC(C(=O)OC)C2)cn1. The number of likely N-dealkylation sites (tertiary alicyclic amines) is 1. The highest BCUT2D eigenvalue weighted by atomic mass is 16.5. The number of nitrogens with zero attached hydrogens (tertiary/aromatic N) is 2. The fourth-order valence-electron chi connectivity index (χ4n) is 2.40. The molecule has 0 radical (unpaired) electrons. The summed E-state index contributed by atoms with van der Waals surface area (Å²) < 4.78 is 4.79. The van der Waals surface area contributed by atoms with Crippen molar-refractivity contribution in [1.82, 2.24) is 9.88 Å². The van der Waals surface area contributed by atoms with E-state index in [9.17, 15) is 4.79 Å². The summed E-state index contributed by atoms with van der Waals surface area (Å²) in [4.78, 5) is 18.1. The molecule has 0 aromatic carbocycles. The Morgan fingerprint density at radius 3 is 3.05 bits per heavy atom. The molecule has 19 heavy (non-hydrogen) atoms. The quantitative estimate of drug-likeness (QED) is 0.816. The largest absolute Gasteiger partial charge is 0.469 e. The normalized spacial score (nSPS) is 19.4. The predicted molar refractivity (Wildman–Crippen MR) is 73.8 cm³/mol. The fraction of sp³-hybridized carbons (Fsp3) is 0.571. The van der Waals surface area contributed by atoms with E-state index >= 15 is 0 Å². The Bertz CT molecular complexity index is 419. The van der Waals surface area contributed by atoms with Crippen molar-refractivity contribution in [3.63, 3.8) is 0 Å². The van der Waals surface area contributed by atoms with Gasteiger partial charge >= 0.3 is 5.97 Å². The molecule has 0 aliphatic carbocycles. The molecule has 1 aliphatic heterocycles. The summed E-state index contributed by atoms with van der Waals surface area (Å²) in [5.74, 6) is 0.835. The van der Waals surface area contributed by atoms with E-state index in [1.54, 1.807) is 0 Å². The lowest BCUT2D eigenvalue weighted by atomic mass is 10.1. The van der Waals surface area contributed by atoms with Gasteiger partial charge in [0, 0.05) is 25.8 Å². The lowest BCUT2D eigenvalue weighted by molar-refractivity contribution is -0.144. The number of anilines is 1. The molecule has 2 heterocycles. The molecule has 0 saturated carbocycles.